The number of aryl methyl sites for hydroxylation is 2. The van der Waals surface area contributed by atoms with Gasteiger partial charge < -0.3 is 20.5 Å². The molecule has 1 aliphatic heterocycles. The number of aromatic nitrogens is 3. The number of anilines is 1. The van der Waals surface area contributed by atoms with E-state index in [0.29, 0.717) is 11.6 Å². The largest absolute Gasteiger partial charge is 0.365 e. The van der Waals surface area contributed by atoms with Crippen LogP contribution >= 0.6 is 0 Å². The number of benzene rings is 1. The van der Waals surface area contributed by atoms with Gasteiger partial charge in [-0.1, -0.05) is 6.07 Å². The highest BCUT2D eigenvalue weighted by molar-refractivity contribution is 5.96. The smallest absolute Gasteiger partial charge is 0.254 e. The number of carbonyl (C=O) groups excluding carboxylic acids is 1. The molecule has 1 aromatic carbocycles. The summed E-state index contributed by atoms with van der Waals surface area (Å²) in [6, 6.07) is 6.23. The third-order valence-electron chi connectivity index (χ3n) is 6.50. The molecule has 32 heavy (non-hydrogen) atoms. The Morgan fingerprint density at radius 2 is 1.94 bits per heavy atom. The van der Waals surface area contributed by atoms with Crippen molar-refractivity contribution in [3.8, 4) is 5.69 Å². The van der Waals surface area contributed by atoms with Crippen LogP contribution < -0.4 is 16.5 Å². The number of nitrogens with two attached hydrogens (primary N) is 1. The van der Waals surface area contributed by atoms with Gasteiger partial charge in [-0.05, 0) is 81.4 Å². The van der Waals surface area contributed by atoms with E-state index in [0.717, 1.165) is 44.5 Å². The number of nitrogens with one attached hydrogen (secondary N) is 1. The fraction of sp³-hybridized carbons (Fsp3) is 0.417. The summed E-state index contributed by atoms with van der Waals surface area (Å²) in [5.74, 6) is -0.281. The second-order valence-electron chi connectivity index (χ2n) is 8.67. The van der Waals surface area contributed by atoms with Crippen LogP contribution in [0.25, 0.3) is 16.7 Å². The van der Waals surface area contributed by atoms with Crippen molar-refractivity contribution < 1.29 is 4.79 Å². The predicted molar refractivity (Wildman–Crippen MR) is 124 cm³/mol. The average molecular weight is 433 g/mol. The summed E-state index contributed by atoms with van der Waals surface area (Å²) >= 11 is 0. The maximum absolute atomic E-state index is 12.8. The summed E-state index contributed by atoms with van der Waals surface area (Å²) < 4.78 is 1.78. The summed E-state index contributed by atoms with van der Waals surface area (Å²) in [5.41, 5.74) is 8.97. The third-order valence-corrected chi connectivity index (χ3v) is 6.50. The van der Waals surface area contributed by atoms with Gasteiger partial charge in [0.2, 0.25) is 11.4 Å². The van der Waals surface area contributed by atoms with Gasteiger partial charge in [0.15, 0.2) is 5.65 Å². The van der Waals surface area contributed by atoms with Crippen molar-refractivity contribution in [3.63, 3.8) is 0 Å². The van der Waals surface area contributed by atoms with Crippen LogP contribution in [0.2, 0.25) is 0 Å². The van der Waals surface area contributed by atoms with Gasteiger partial charge in [-0.25, -0.2) is 4.98 Å². The van der Waals surface area contributed by atoms with Crippen molar-refractivity contribution in [1.82, 2.24) is 19.4 Å². The molecule has 8 heteroatoms. The van der Waals surface area contributed by atoms with E-state index in [9.17, 15) is 9.59 Å². The number of likely N-dealkylation sites (tertiary alicyclic amines) is 1. The number of pyridine rings is 1. The fourth-order valence-corrected chi connectivity index (χ4v) is 4.79. The van der Waals surface area contributed by atoms with Crippen molar-refractivity contribution in [2.45, 2.75) is 38.5 Å². The Kier molecular flexibility index (Phi) is 5.61. The first kappa shape index (κ1) is 20.6. The van der Waals surface area contributed by atoms with Gasteiger partial charge in [0.25, 0.3) is 5.91 Å². The maximum atomic E-state index is 12.8. The Morgan fingerprint density at radius 1 is 1.12 bits per heavy atom. The van der Waals surface area contributed by atoms with Gasteiger partial charge in [-0.2, -0.15) is 4.98 Å². The molecule has 1 aliphatic carbocycles. The molecule has 3 aromatic rings. The highest BCUT2D eigenvalue weighted by Gasteiger charge is 2.18. The number of carbonyl (C=O) groups is 1. The van der Waals surface area contributed by atoms with E-state index in [1.165, 1.54) is 49.5 Å². The van der Waals surface area contributed by atoms with Gasteiger partial charge in [0, 0.05) is 24.6 Å². The molecule has 1 saturated heterocycles. The van der Waals surface area contributed by atoms with Crippen LogP contribution in [0.15, 0.2) is 35.4 Å². The van der Waals surface area contributed by atoms with E-state index >= 15 is 0 Å². The Labute approximate surface area is 186 Å². The van der Waals surface area contributed by atoms with Crippen LogP contribution in [0.5, 0.6) is 0 Å². The Bertz CT molecular complexity index is 1230. The van der Waals surface area contributed by atoms with Crippen molar-refractivity contribution >= 4 is 22.9 Å². The van der Waals surface area contributed by atoms with Gasteiger partial charge >= 0.3 is 0 Å². The summed E-state index contributed by atoms with van der Waals surface area (Å²) in [4.78, 5) is 36.2. The lowest BCUT2D eigenvalue weighted by atomic mass is 10.1. The highest BCUT2D eigenvalue weighted by Crippen LogP contribution is 2.26. The van der Waals surface area contributed by atoms with Crippen LogP contribution in [0.4, 0.5) is 5.95 Å². The second kappa shape index (κ2) is 8.70. The Hall–Kier alpha value is -3.26. The van der Waals surface area contributed by atoms with E-state index in [1.54, 1.807) is 4.57 Å². The molecule has 0 spiro atoms. The summed E-state index contributed by atoms with van der Waals surface area (Å²) in [7, 11) is 0. The van der Waals surface area contributed by atoms with Crippen molar-refractivity contribution in [2.75, 3.05) is 31.5 Å². The summed E-state index contributed by atoms with van der Waals surface area (Å²) in [6.07, 6.45) is 9.83. The van der Waals surface area contributed by atoms with Crippen LogP contribution in [-0.4, -0.2) is 51.5 Å². The minimum atomic E-state index is -0.754. The molecule has 0 atom stereocenters. The molecule has 0 bridgehead atoms. The van der Waals surface area contributed by atoms with Gasteiger partial charge in [-0.15, -0.1) is 0 Å². The van der Waals surface area contributed by atoms with E-state index in [2.05, 4.69) is 32.3 Å². The molecule has 2 aromatic heterocycles. The maximum Gasteiger partial charge on any atom is 0.254 e. The Balaban J connectivity index is 1.48. The van der Waals surface area contributed by atoms with Gasteiger partial charge in [0.05, 0.1) is 5.39 Å². The lowest BCUT2D eigenvalue weighted by molar-refractivity contribution is 0.0999. The number of primary amides is 1. The standard InChI is InChI=1S/C24H28N6O2/c25-22(32)20-15-30(18-8-7-16-5-3-6-17(16)13-18)23-19(21(20)31)14-27-24(28-23)26-9-4-12-29-10-1-2-11-29/h7-8,13-15H,1-6,9-12H2,(H2,25,32)(H,26,27,28). The molecule has 5 rings (SSSR count). The molecular weight excluding hydrogens is 404 g/mol. The van der Waals surface area contributed by atoms with Crippen LogP contribution in [-0.2, 0) is 12.8 Å². The molecule has 3 heterocycles. The van der Waals surface area contributed by atoms with Crippen LogP contribution in [0.3, 0.4) is 0 Å². The van der Waals surface area contributed by atoms with Crippen LogP contribution in [0.1, 0.15) is 47.2 Å². The first-order valence-corrected chi connectivity index (χ1v) is 11.4. The number of amides is 1. The first-order chi connectivity index (χ1) is 15.6. The molecule has 0 saturated carbocycles. The molecule has 1 fully saturated rings. The van der Waals surface area contributed by atoms with Crippen molar-refractivity contribution in [3.05, 3.63) is 57.5 Å². The normalized spacial score (nSPS) is 15.9. The molecule has 0 unspecified atom stereocenters. The number of hydrogen-bond acceptors (Lipinski definition) is 6. The average Bonchev–Trinajstić information content (AvgIpc) is 3.48. The number of hydrogen-bond donors (Lipinski definition) is 2. The second-order valence-corrected chi connectivity index (χ2v) is 8.67. The van der Waals surface area contributed by atoms with Gasteiger partial charge in [-0.3, -0.25) is 9.59 Å². The zero-order valence-corrected chi connectivity index (χ0v) is 18.1. The molecule has 3 N–H and O–H groups in total. The van der Waals surface area contributed by atoms with Crippen LogP contribution in [0, 0.1) is 0 Å². The predicted octanol–water partition coefficient (Wildman–Crippen LogP) is 2.27. The lowest BCUT2D eigenvalue weighted by Crippen LogP contribution is -2.25. The Morgan fingerprint density at radius 3 is 2.75 bits per heavy atom. The fourth-order valence-electron chi connectivity index (χ4n) is 4.79. The zero-order chi connectivity index (χ0) is 22.1. The zero-order valence-electron chi connectivity index (χ0n) is 18.1. The summed E-state index contributed by atoms with van der Waals surface area (Å²) in [5, 5.41) is 3.56. The monoisotopic (exact) mass is 432 g/mol. The minimum absolute atomic E-state index is 0.0621. The third kappa shape index (κ3) is 3.98. The van der Waals surface area contributed by atoms with Crippen molar-refractivity contribution in [1.29, 1.82) is 0 Å². The SMILES string of the molecule is NC(=O)c1cn(-c2ccc3c(c2)CCC3)c2nc(NCCCN3CCCC3)ncc2c1=O. The lowest BCUT2D eigenvalue weighted by Gasteiger charge is -2.15. The first-order valence-electron chi connectivity index (χ1n) is 11.4. The molecular formula is C24H28N6O2. The van der Waals surface area contributed by atoms with E-state index < -0.39 is 11.3 Å². The van der Waals surface area contributed by atoms with E-state index in [4.69, 9.17) is 5.73 Å². The number of rotatable bonds is 7. The summed E-state index contributed by atoms with van der Waals surface area (Å²) in [6.45, 7) is 4.18. The van der Waals surface area contributed by atoms with E-state index in [1.807, 2.05) is 6.07 Å². The molecule has 1 amide bonds. The highest BCUT2D eigenvalue weighted by atomic mass is 16.2. The number of fused-ring (bicyclic) bond motifs is 2. The minimum Gasteiger partial charge on any atom is -0.365 e. The molecule has 166 valence electrons. The topological polar surface area (TPSA) is 106 Å². The molecule has 2 aliphatic rings. The van der Waals surface area contributed by atoms with Gasteiger partial charge in [0.1, 0.15) is 5.56 Å². The quantitative estimate of drug-likeness (QED) is 0.555. The number of nitrogens with zero attached hydrogens (tertiary/aromatic N) is 4. The molecule has 0 radical (unpaired) electrons. The van der Waals surface area contributed by atoms with E-state index in [-0.39, 0.29) is 10.9 Å². The van der Waals surface area contributed by atoms with Crippen molar-refractivity contribution in [2.24, 2.45) is 5.73 Å². The molecule has 8 nitrogen and oxygen atoms in total.